The Hall–Kier alpha value is -1.01. The van der Waals surface area contributed by atoms with Gasteiger partial charge in [0.1, 0.15) is 0 Å². The summed E-state index contributed by atoms with van der Waals surface area (Å²) in [5, 5.41) is 3.31. The molecule has 0 atom stereocenters. The van der Waals surface area contributed by atoms with Crippen LogP contribution in [-0.4, -0.2) is 0 Å². The van der Waals surface area contributed by atoms with Crippen molar-refractivity contribution in [3.8, 4) is 0 Å². The van der Waals surface area contributed by atoms with Gasteiger partial charge in [0.2, 0.25) is 0 Å². The lowest BCUT2D eigenvalue weighted by Gasteiger charge is -2.06. The van der Waals surface area contributed by atoms with E-state index in [1.54, 1.807) is 0 Å². The minimum atomic E-state index is 0.809. The number of fused-ring (bicyclic) bond motifs is 1. The zero-order valence-corrected chi connectivity index (χ0v) is 9.23. The molecule has 72 valence electrons. The number of hydrogen-bond acceptors (Lipinski definition) is 0. The van der Waals surface area contributed by atoms with Gasteiger partial charge >= 0.3 is 0 Å². The molecule has 0 amide bonds. The van der Waals surface area contributed by atoms with Crippen LogP contribution >= 0.6 is 11.6 Å². The minimum Gasteiger partial charge on any atom is -0.0843 e. The van der Waals surface area contributed by atoms with E-state index in [2.05, 4.69) is 32.0 Å². The van der Waals surface area contributed by atoms with Gasteiger partial charge in [-0.1, -0.05) is 36.7 Å². The average molecular weight is 205 g/mol. The van der Waals surface area contributed by atoms with E-state index in [1.807, 2.05) is 12.1 Å². The molecule has 0 saturated carbocycles. The van der Waals surface area contributed by atoms with E-state index in [4.69, 9.17) is 11.6 Å². The van der Waals surface area contributed by atoms with Crippen LogP contribution in [0.1, 0.15) is 18.1 Å². The van der Waals surface area contributed by atoms with Crippen molar-refractivity contribution in [3.63, 3.8) is 0 Å². The van der Waals surface area contributed by atoms with E-state index in [-0.39, 0.29) is 0 Å². The van der Waals surface area contributed by atoms with Crippen LogP contribution in [0.25, 0.3) is 10.8 Å². The summed E-state index contributed by atoms with van der Waals surface area (Å²) in [5.41, 5.74) is 2.77. The molecular weight excluding hydrogens is 192 g/mol. The van der Waals surface area contributed by atoms with Gasteiger partial charge < -0.3 is 0 Å². The van der Waals surface area contributed by atoms with Crippen molar-refractivity contribution >= 4 is 22.4 Å². The molecule has 14 heavy (non-hydrogen) atoms. The van der Waals surface area contributed by atoms with Crippen molar-refractivity contribution in [2.24, 2.45) is 0 Å². The normalized spacial score (nSPS) is 10.8. The largest absolute Gasteiger partial charge is 0.0843 e. The molecule has 2 aromatic carbocycles. The lowest BCUT2D eigenvalue weighted by molar-refractivity contribution is 1.12. The van der Waals surface area contributed by atoms with E-state index < -0.39 is 0 Å². The highest BCUT2D eigenvalue weighted by atomic mass is 35.5. The molecule has 0 heterocycles. The summed E-state index contributed by atoms with van der Waals surface area (Å²) in [7, 11) is 0. The molecule has 0 radical (unpaired) electrons. The van der Waals surface area contributed by atoms with Crippen molar-refractivity contribution in [3.05, 3.63) is 46.5 Å². The Labute approximate surface area is 89.5 Å². The first-order chi connectivity index (χ1) is 6.70. The van der Waals surface area contributed by atoms with Gasteiger partial charge in [-0.2, -0.15) is 0 Å². The number of rotatable bonds is 1. The van der Waals surface area contributed by atoms with Gasteiger partial charge in [-0.3, -0.25) is 0 Å². The van der Waals surface area contributed by atoms with Crippen molar-refractivity contribution in [2.75, 3.05) is 0 Å². The number of aryl methyl sites for hydroxylation is 2. The van der Waals surface area contributed by atoms with Crippen LogP contribution in [-0.2, 0) is 6.42 Å². The van der Waals surface area contributed by atoms with Gasteiger partial charge in [-0.15, -0.1) is 0 Å². The van der Waals surface area contributed by atoms with E-state index in [0.29, 0.717) is 0 Å². The van der Waals surface area contributed by atoms with Crippen molar-refractivity contribution < 1.29 is 0 Å². The molecule has 0 aliphatic rings. The van der Waals surface area contributed by atoms with E-state index in [1.165, 1.54) is 21.9 Å². The lowest BCUT2D eigenvalue weighted by Crippen LogP contribution is -1.86. The Morgan fingerprint density at radius 2 is 1.86 bits per heavy atom. The summed E-state index contributed by atoms with van der Waals surface area (Å²) >= 11 is 5.95. The average Bonchev–Trinajstić information content (AvgIpc) is 2.17. The van der Waals surface area contributed by atoms with Crippen molar-refractivity contribution in [2.45, 2.75) is 20.3 Å². The predicted octanol–water partition coefficient (Wildman–Crippen LogP) is 4.36. The number of benzene rings is 2. The fraction of sp³-hybridized carbons (Fsp3) is 0.231. The molecule has 0 bridgehead atoms. The first kappa shape index (κ1) is 9.54. The van der Waals surface area contributed by atoms with E-state index in [9.17, 15) is 0 Å². The number of halogens is 1. The molecule has 0 spiro atoms. The molecular formula is C13H13Cl. The second-order valence-electron chi connectivity index (χ2n) is 3.62. The Bertz CT molecular complexity index is 472. The van der Waals surface area contributed by atoms with Gasteiger partial charge in [0.05, 0.1) is 0 Å². The molecule has 0 aliphatic carbocycles. The maximum atomic E-state index is 5.95. The summed E-state index contributed by atoms with van der Waals surface area (Å²) in [4.78, 5) is 0. The SMILES string of the molecule is CCc1cc2cc(Cl)ccc2cc1C. The van der Waals surface area contributed by atoms with Crippen LogP contribution in [0.15, 0.2) is 30.3 Å². The summed E-state index contributed by atoms with van der Waals surface area (Å²) < 4.78 is 0. The third-order valence-corrected chi connectivity index (χ3v) is 2.87. The van der Waals surface area contributed by atoms with Crippen LogP contribution in [0.2, 0.25) is 5.02 Å². The summed E-state index contributed by atoms with van der Waals surface area (Å²) in [6.07, 6.45) is 1.08. The third kappa shape index (κ3) is 1.62. The maximum Gasteiger partial charge on any atom is 0.0412 e. The van der Waals surface area contributed by atoms with Crippen LogP contribution < -0.4 is 0 Å². The zero-order valence-electron chi connectivity index (χ0n) is 8.47. The third-order valence-electron chi connectivity index (χ3n) is 2.64. The maximum absolute atomic E-state index is 5.95. The Morgan fingerprint density at radius 3 is 2.57 bits per heavy atom. The van der Waals surface area contributed by atoms with Gasteiger partial charge in [-0.25, -0.2) is 0 Å². The molecule has 1 heteroatoms. The zero-order chi connectivity index (χ0) is 10.1. The van der Waals surface area contributed by atoms with Crippen molar-refractivity contribution in [1.29, 1.82) is 0 Å². The van der Waals surface area contributed by atoms with Crippen molar-refractivity contribution in [1.82, 2.24) is 0 Å². The highest BCUT2D eigenvalue weighted by Crippen LogP contribution is 2.23. The van der Waals surface area contributed by atoms with Gasteiger partial charge in [-0.05, 0) is 47.4 Å². The second-order valence-corrected chi connectivity index (χ2v) is 4.06. The highest BCUT2D eigenvalue weighted by Gasteiger charge is 2.00. The topological polar surface area (TPSA) is 0 Å². The van der Waals surface area contributed by atoms with E-state index >= 15 is 0 Å². The van der Waals surface area contributed by atoms with Crippen LogP contribution in [0.3, 0.4) is 0 Å². The highest BCUT2D eigenvalue weighted by molar-refractivity contribution is 6.31. The van der Waals surface area contributed by atoms with Crippen LogP contribution in [0.4, 0.5) is 0 Å². The second kappa shape index (κ2) is 3.62. The first-order valence-electron chi connectivity index (χ1n) is 4.89. The minimum absolute atomic E-state index is 0.809. The summed E-state index contributed by atoms with van der Waals surface area (Å²) in [5.74, 6) is 0. The van der Waals surface area contributed by atoms with Crippen LogP contribution in [0, 0.1) is 6.92 Å². The molecule has 0 saturated heterocycles. The molecule has 0 N–H and O–H groups in total. The molecule has 0 aromatic heterocycles. The molecule has 2 aromatic rings. The predicted molar refractivity (Wildman–Crippen MR) is 63.1 cm³/mol. The Kier molecular flexibility index (Phi) is 2.47. The van der Waals surface area contributed by atoms with Gasteiger partial charge in [0, 0.05) is 5.02 Å². The summed E-state index contributed by atoms with van der Waals surface area (Å²) in [6.45, 7) is 4.34. The Morgan fingerprint density at radius 1 is 1.07 bits per heavy atom. The molecule has 0 nitrogen and oxygen atoms in total. The molecule has 0 fully saturated rings. The molecule has 0 unspecified atom stereocenters. The number of hydrogen-bond donors (Lipinski definition) is 0. The van der Waals surface area contributed by atoms with Crippen LogP contribution in [0.5, 0.6) is 0 Å². The van der Waals surface area contributed by atoms with E-state index in [0.717, 1.165) is 11.4 Å². The Balaban J connectivity index is 2.73. The van der Waals surface area contributed by atoms with Gasteiger partial charge in [0.15, 0.2) is 0 Å². The monoisotopic (exact) mass is 204 g/mol. The standard InChI is InChI=1S/C13H13Cl/c1-3-10-7-12-8-13(14)5-4-11(12)6-9(10)2/h4-8H,3H2,1-2H3. The smallest absolute Gasteiger partial charge is 0.0412 e. The molecule has 0 aliphatic heterocycles. The quantitative estimate of drug-likeness (QED) is 0.648. The summed E-state index contributed by atoms with van der Waals surface area (Å²) in [6, 6.07) is 10.5. The fourth-order valence-corrected chi connectivity index (χ4v) is 1.99. The van der Waals surface area contributed by atoms with Gasteiger partial charge in [0.25, 0.3) is 0 Å². The molecule has 2 rings (SSSR count). The first-order valence-corrected chi connectivity index (χ1v) is 5.27. The fourth-order valence-electron chi connectivity index (χ4n) is 1.81. The lowest BCUT2D eigenvalue weighted by atomic mass is 10.0.